The summed E-state index contributed by atoms with van der Waals surface area (Å²) in [6.07, 6.45) is 1.47. The molecule has 130 valence electrons. The second-order valence-corrected chi connectivity index (χ2v) is 8.30. The van der Waals surface area contributed by atoms with Crippen molar-refractivity contribution < 1.29 is 13.2 Å². The van der Waals surface area contributed by atoms with Gasteiger partial charge >= 0.3 is 0 Å². The number of rotatable bonds is 7. The number of carbonyl (C=O) groups is 1. The summed E-state index contributed by atoms with van der Waals surface area (Å²) in [5.74, 6) is -0.0345. The van der Waals surface area contributed by atoms with Gasteiger partial charge in [-0.15, -0.1) is 0 Å². The fourth-order valence-corrected chi connectivity index (χ4v) is 3.47. The van der Waals surface area contributed by atoms with Crippen LogP contribution in [-0.2, 0) is 14.8 Å². The van der Waals surface area contributed by atoms with Crippen LogP contribution in [0.2, 0.25) is 5.02 Å². The molecular formula is C16H25ClN2O3S. The van der Waals surface area contributed by atoms with E-state index in [1.54, 1.807) is 31.2 Å². The van der Waals surface area contributed by atoms with Gasteiger partial charge in [0.2, 0.25) is 15.9 Å². The zero-order valence-corrected chi connectivity index (χ0v) is 15.8. The lowest BCUT2D eigenvalue weighted by Crippen LogP contribution is -2.51. The molecule has 0 aliphatic heterocycles. The average molecular weight is 361 g/mol. The molecule has 1 rings (SSSR count). The Hall–Kier alpha value is -1.27. The van der Waals surface area contributed by atoms with Crippen molar-refractivity contribution in [1.29, 1.82) is 0 Å². The average Bonchev–Trinajstić information content (AvgIpc) is 2.44. The Morgan fingerprint density at radius 1 is 1.22 bits per heavy atom. The first-order valence-corrected chi connectivity index (χ1v) is 9.85. The fraction of sp³-hybridized carbons (Fsp3) is 0.562. The molecular weight excluding hydrogens is 336 g/mol. The molecule has 1 aromatic carbocycles. The van der Waals surface area contributed by atoms with Gasteiger partial charge in [-0.3, -0.25) is 9.10 Å². The fourth-order valence-electron chi connectivity index (χ4n) is 2.14. The van der Waals surface area contributed by atoms with Crippen LogP contribution in [-0.4, -0.2) is 32.7 Å². The van der Waals surface area contributed by atoms with Crippen LogP contribution in [0.4, 0.5) is 5.69 Å². The molecule has 0 saturated heterocycles. The van der Waals surface area contributed by atoms with Gasteiger partial charge in [0.05, 0.1) is 11.9 Å². The van der Waals surface area contributed by atoms with E-state index >= 15 is 0 Å². The minimum absolute atomic E-state index is 0.0387. The molecule has 1 amide bonds. The van der Waals surface area contributed by atoms with Crippen molar-refractivity contribution in [2.75, 3.05) is 10.6 Å². The van der Waals surface area contributed by atoms with Crippen LogP contribution < -0.4 is 9.62 Å². The Morgan fingerprint density at radius 3 is 2.13 bits per heavy atom. The van der Waals surface area contributed by atoms with Gasteiger partial charge in [0, 0.05) is 11.1 Å². The van der Waals surface area contributed by atoms with Crippen LogP contribution in [0.1, 0.15) is 34.1 Å². The minimum atomic E-state index is -3.61. The van der Waals surface area contributed by atoms with Crippen LogP contribution >= 0.6 is 11.6 Å². The van der Waals surface area contributed by atoms with Gasteiger partial charge in [-0.2, -0.15) is 0 Å². The third-order valence-electron chi connectivity index (χ3n) is 3.78. The van der Waals surface area contributed by atoms with Crippen molar-refractivity contribution >= 4 is 33.2 Å². The van der Waals surface area contributed by atoms with Gasteiger partial charge in [0.25, 0.3) is 0 Å². The van der Waals surface area contributed by atoms with Gasteiger partial charge in [0.15, 0.2) is 0 Å². The van der Waals surface area contributed by atoms with Crippen LogP contribution in [0, 0.1) is 5.92 Å². The topological polar surface area (TPSA) is 66.5 Å². The van der Waals surface area contributed by atoms with Crippen molar-refractivity contribution in [3.05, 3.63) is 29.3 Å². The summed E-state index contributed by atoms with van der Waals surface area (Å²) in [5.41, 5.74) is 0.427. The molecule has 5 nitrogen and oxygen atoms in total. The van der Waals surface area contributed by atoms with Crippen LogP contribution in [0.3, 0.4) is 0 Å². The van der Waals surface area contributed by atoms with E-state index in [0.29, 0.717) is 17.1 Å². The Labute approximate surface area is 144 Å². The summed E-state index contributed by atoms with van der Waals surface area (Å²) in [6.45, 7) is 7.69. The van der Waals surface area contributed by atoms with E-state index in [0.717, 1.165) is 10.6 Å². The third kappa shape index (κ3) is 5.39. The lowest BCUT2D eigenvalue weighted by Gasteiger charge is -2.31. The lowest BCUT2D eigenvalue weighted by atomic mass is 10.1. The zero-order chi connectivity index (χ0) is 17.8. The van der Waals surface area contributed by atoms with Crippen molar-refractivity contribution in [2.45, 2.75) is 46.2 Å². The van der Waals surface area contributed by atoms with Crippen LogP contribution in [0.15, 0.2) is 24.3 Å². The maximum atomic E-state index is 12.6. The molecule has 0 saturated carbocycles. The molecule has 0 aliphatic rings. The number of hydrogen-bond donors (Lipinski definition) is 1. The Kier molecular flexibility index (Phi) is 6.89. The predicted molar refractivity (Wildman–Crippen MR) is 95.3 cm³/mol. The molecule has 1 N–H and O–H groups in total. The van der Waals surface area contributed by atoms with Gasteiger partial charge < -0.3 is 5.32 Å². The molecule has 0 radical (unpaired) electrons. The van der Waals surface area contributed by atoms with E-state index in [9.17, 15) is 13.2 Å². The van der Waals surface area contributed by atoms with E-state index in [1.807, 2.05) is 20.8 Å². The van der Waals surface area contributed by atoms with E-state index in [1.165, 1.54) is 0 Å². The minimum Gasteiger partial charge on any atom is -0.352 e. The first-order valence-electron chi connectivity index (χ1n) is 7.63. The van der Waals surface area contributed by atoms with E-state index in [-0.39, 0.29) is 17.9 Å². The number of benzene rings is 1. The molecule has 0 bridgehead atoms. The summed E-state index contributed by atoms with van der Waals surface area (Å²) in [6, 6.07) is 5.58. The zero-order valence-electron chi connectivity index (χ0n) is 14.2. The summed E-state index contributed by atoms with van der Waals surface area (Å²) >= 11 is 5.86. The first kappa shape index (κ1) is 19.8. The molecule has 1 aromatic rings. The smallest absolute Gasteiger partial charge is 0.244 e. The molecule has 23 heavy (non-hydrogen) atoms. The van der Waals surface area contributed by atoms with Crippen molar-refractivity contribution in [3.8, 4) is 0 Å². The van der Waals surface area contributed by atoms with Gasteiger partial charge in [-0.1, -0.05) is 32.4 Å². The number of halogens is 1. The monoisotopic (exact) mass is 360 g/mol. The highest BCUT2D eigenvalue weighted by molar-refractivity contribution is 7.92. The van der Waals surface area contributed by atoms with Gasteiger partial charge in [0.1, 0.15) is 6.04 Å². The number of nitrogens with zero attached hydrogens (tertiary/aromatic N) is 1. The summed E-state index contributed by atoms with van der Waals surface area (Å²) in [5, 5.41) is 3.40. The lowest BCUT2D eigenvalue weighted by molar-refractivity contribution is -0.123. The second kappa shape index (κ2) is 8.02. The Morgan fingerprint density at radius 2 is 1.74 bits per heavy atom. The second-order valence-electron chi connectivity index (χ2n) is 6.00. The van der Waals surface area contributed by atoms with Crippen LogP contribution in [0.5, 0.6) is 0 Å². The quantitative estimate of drug-likeness (QED) is 0.812. The Bertz CT molecular complexity index is 629. The normalized spacial score (nSPS) is 14.4. The number of anilines is 1. The van der Waals surface area contributed by atoms with E-state index in [4.69, 9.17) is 11.6 Å². The van der Waals surface area contributed by atoms with Crippen molar-refractivity contribution in [3.63, 3.8) is 0 Å². The standard InChI is InChI=1S/C16H25ClN2O3S/c1-6-15(16(20)18-12(4)11(2)3)19(23(5,21)22)14-9-7-13(17)8-10-14/h7-12,15H,6H2,1-5H3,(H,18,20)/t12-,15-/m0/s1. The highest BCUT2D eigenvalue weighted by atomic mass is 35.5. The summed E-state index contributed by atoms with van der Waals surface area (Å²) in [7, 11) is -3.61. The maximum Gasteiger partial charge on any atom is 0.244 e. The Balaban J connectivity index is 3.18. The largest absolute Gasteiger partial charge is 0.352 e. The molecule has 0 aromatic heterocycles. The number of sulfonamides is 1. The summed E-state index contributed by atoms with van der Waals surface area (Å²) in [4.78, 5) is 12.6. The number of amides is 1. The highest BCUT2D eigenvalue weighted by Gasteiger charge is 2.32. The van der Waals surface area contributed by atoms with E-state index in [2.05, 4.69) is 5.32 Å². The number of hydrogen-bond acceptors (Lipinski definition) is 3. The van der Waals surface area contributed by atoms with Gasteiger partial charge in [-0.25, -0.2) is 8.42 Å². The van der Waals surface area contributed by atoms with Crippen molar-refractivity contribution in [1.82, 2.24) is 5.32 Å². The number of nitrogens with one attached hydrogen (secondary N) is 1. The first-order chi connectivity index (χ1) is 10.6. The van der Waals surface area contributed by atoms with E-state index < -0.39 is 16.1 Å². The summed E-state index contributed by atoms with van der Waals surface area (Å²) < 4.78 is 25.7. The maximum absolute atomic E-state index is 12.6. The molecule has 0 fully saturated rings. The third-order valence-corrected chi connectivity index (χ3v) is 5.21. The highest BCUT2D eigenvalue weighted by Crippen LogP contribution is 2.24. The van der Waals surface area contributed by atoms with Crippen LogP contribution in [0.25, 0.3) is 0 Å². The molecule has 7 heteroatoms. The molecule has 0 spiro atoms. The number of carbonyl (C=O) groups excluding carboxylic acids is 1. The predicted octanol–water partition coefficient (Wildman–Crippen LogP) is 3.05. The van der Waals surface area contributed by atoms with Crippen molar-refractivity contribution in [2.24, 2.45) is 5.92 Å². The molecule has 2 atom stereocenters. The molecule has 0 heterocycles. The SMILES string of the molecule is CC[C@@H](C(=O)N[C@@H](C)C(C)C)N(c1ccc(Cl)cc1)S(C)(=O)=O. The molecule has 0 unspecified atom stereocenters. The molecule has 0 aliphatic carbocycles. The van der Waals surface area contributed by atoms with Gasteiger partial charge in [-0.05, 0) is 43.5 Å².